The fourth-order valence-corrected chi connectivity index (χ4v) is 2.26. The molecule has 2 heterocycles. The van der Waals surface area contributed by atoms with Gasteiger partial charge in [0.1, 0.15) is 0 Å². The summed E-state index contributed by atoms with van der Waals surface area (Å²) in [7, 11) is 0. The highest BCUT2D eigenvalue weighted by Gasteiger charge is 2.12. The Hall–Kier alpha value is -2.15. The van der Waals surface area contributed by atoms with E-state index in [2.05, 4.69) is 10.3 Å². The number of hydrogen-bond donors (Lipinski definition) is 2. The number of carbonyl (C=O) groups excluding carboxylic acids is 1. The molecule has 0 unspecified atom stereocenters. The van der Waals surface area contributed by atoms with Crippen molar-refractivity contribution in [1.82, 2.24) is 10.3 Å². The van der Waals surface area contributed by atoms with E-state index in [1.54, 1.807) is 13.0 Å². The van der Waals surface area contributed by atoms with Crippen LogP contribution in [0.15, 0.2) is 22.1 Å². The van der Waals surface area contributed by atoms with E-state index < -0.39 is 5.97 Å². The normalized spacial score (nSPS) is 10.4. The van der Waals surface area contributed by atoms with Crippen LogP contribution in [-0.4, -0.2) is 28.5 Å². The third kappa shape index (κ3) is 3.19. The van der Waals surface area contributed by atoms with Crippen molar-refractivity contribution in [2.75, 3.05) is 6.54 Å². The number of thiazole rings is 1. The Labute approximate surface area is 113 Å². The number of amides is 1. The molecule has 0 fully saturated rings. The van der Waals surface area contributed by atoms with Gasteiger partial charge in [0.2, 0.25) is 0 Å². The predicted octanol–water partition coefficient (Wildman–Crippen LogP) is 1.72. The molecule has 2 N–H and O–H groups in total. The quantitative estimate of drug-likeness (QED) is 0.869. The largest absolute Gasteiger partial charge is 0.476 e. The first-order chi connectivity index (χ1) is 9.08. The predicted molar refractivity (Wildman–Crippen MR) is 68.6 cm³/mol. The average Bonchev–Trinajstić information content (AvgIpc) is 2.97. The lowest BCUT2D eigenvalue weighted by atomic mass is 10.2. The summed E-state index contributed by atoms with van der Waals surface area (Å²) >= 11 is 1.26. The van der Waals surface area contributed by atoms with E-state index in [0.717, 1.165) is 5.56 Å². The van der Waals surface area contributed by atoms with Gasteiger partial charge in [0.15, 0.2) is 11.5 Å². The van der Waals surface area contributed by atoms with Gasteiger partial charge in [-0.3, -0.25) is 4.79 Å². The first kappa shape index (κ1) is 13.3. The molecular weight excluding hydrogens is 268 g/mol. The molecule has 6 nitrogen and oxygen atoms in total. The van der Waals surface area contributed by atoms with Gasteiger partial charge in [-0.15, -0.1) is 11.3 Å². The number of carbonyl (C=O) groups is 2. The van der Waals surface area contributed by atoms with Gasteiger partial charge >= 0.3 is 5.97 Å². The first-order valence-corrected chi connectivity index (χ1v) is 6.46. The molecule has 2 aromatic rings. The summed E-state index contributed by atoms with van der Waals surface area (Å²) in [5, 5.41) is 13.6. The minimum atomic E-state index is -1.04. The average molecular weight is 280 g/mol. The summed E-state index contributed by atoms with van der Waals surface area (Å²) in [5.74, 6) is -1.03. The van der Waals surface area contributed by atoms with E-state index in [4.69, 9.17) is 9.52 Å². The highest BCUT2D eigenvalue weighted by atomic mass is 32.1. The zero-order valence-electron chi connectivity index (χ0n) is 10.2. The maximum atomic E-state index is 11.7. The summed E-state index contributed by atoms with van der Waals surface area (Å²) in [6, 6.07) is 1.72. The Kier molecular flexibility index (Phi) is 3.96. The number of nitrogens with one attached hydrogen (secondary N) is 1. The molecule has 0 radical (unpaired) electrons. The number of carboxylic acids is 1. The molecule has 0 atom stereocenters. The molecule has 0 aromatic carbocycles. The number of aromatic carboxylic acids is 1. The van der Waals surface area contributed by atoms with E-state index in [-0.39, 0.29) is 11.6 Å². The number of rotatable bonds is 5. The lowest BCUT2D eigenvalue weighted by Crippen LogP contribution is -2.25. The van der Waals surface area contributed by atoms with E-state index in [9.17, 15) is 9.59 Å². The fraction of sp³-hybridized carbons (Fsp3) is 0.250. The minimum Gasteiger partial charge on any atom is -0.476 e. The summed E-state index contributed by atoms with van der Waals surface area (Å²) in [5.41, 5.74) is 0.813. The molecule has 0 aliphatic heterocycles. The van der Waals surface area contributed by atoms with E-state index >= 15 is 0 Å². The second-order valence-electron chi connectivity index (χ2n) is 3.87. The molecule has 2 aromatic heterocycles. The Bertz CT molecular complexity index is 602. The lowest BCUT2D eigenvalue weighted by Gasteiger charge is -2.01. The van der Waals surface area contributed by atoms with Crippen LogP contribution in [0.5, 0.6) is 0 Å². The van der Waals surface area contributed by atoms with Crippen molar-refractivity contribution in [3.05, 3.63) is 39.7 Å². The standard InChI is InChI=1S/C12H12N2O4S/c1-7-3-5-18-10(7)11(15)13-4-2-9-14-8(6-19-9)12(16)17/h3,5-6H,2,4H2,1H3,(H,13,15)(H,16,17). The second kappa shape index (κ2) is 5.66. The topological polar surface area (TPSA) is 92.4 Å². The van der Waals surface area contributed by atoms with Crippen molar-refractivity contribution in [2.24, 2.45) is 0 Å². The highest BCUT2D eigenvalue weighted by Crippen LogP contribution is 2.11. The number of furan rings is 1. The van der Waals surface area contributed by atoms with Crippen molar-refractivity contribution in [1.29, 1.82) is 0 Å². The Balaban J connectivity index is 1.85. The van der Waals surface area contributed by atoms with Gasteiger partial charge in [0.25, 0.3) is 5.91 Å². The number of hydrogen-bond acceptors (Lipinski definition) is 5. The summed E-state index contributed by atoms with van der Waals surface area (Å²) < 4.78 is 5.06. The van der Waals surface area contributed by atoms with E-state index in [1.807, 2.05) is 0 Å². The van der Waals surface area contributed by atoms with Crippen LogP contribution in [0.4, 0.5) is 0 Å². The van der Waals surface area contributed by atoms with Crippen LogP contribution in [0.25, 0.3) is 0 Å². The molecule has 2 rings (SSSR count). The van der Waals surface area contributed by atoms with Gasteiger partial charge in [0.05, 0.1) is 11.3 Å². The van der Waals surface area contributed by atoms with E-state index in [1.165, 1.54) is 23.0 Å². The molecule has 100 valence electrons. The zero-order valence-corrected chi connectivity index (χ0v) is 11.0. The SMILES string of the molecule is Cc1ccoc1C(=O)NCCc1nc(C(=O)O)cs1. The molecule has 0 saturated heterocycles. The smallest absolute Gasteiger partial charge is 0.355 e. The Morgan fingerprint density at radius 3 is 2.89 bits per heavy atom. The minimum absolute atomic E-state index is 0.0354. The van der Waals surface area contributed by atoms with Crippen LogP contribution in [0.2, 0.25) is 0 Å². The summed E-state index contributed by atoms with van der Waals surface area (Å²) in [4.78, 5) is 26.3. The molecular formula is C12H12N2O4S. The van der Waals surface area contributed by atoms with Gasteiger partial charge in [-0.05, 0) is 13.0 Å². The molecule has 0 spiro atoms. The Morgan fingerprint density at radius 1 is 1.53 bits per heavy atom. The summed E-state index contributed by atoms with van der Waals surface area (Å²) in [6.45, 7) is 2.17. The van der Waals surface area contributed by atoms with Gasteiger partial charge in [-0.2, -0.15) is 0 Å². The van der Waals surface area contributed by atoms with Crippen molar-refractivity contribution >= 4 is 23.2 Å². The van der Waals surface area contributed by atoms with Crippen molar-refractivity contribution < 1.29 is 19.1 Å². The van der Waals surface area contributed by atoms with Crippen LogP contribution in [-0.2, 0) is 6.42 Å². The van der Waals surface area contributed by atoms with E-state index in [0.29, 0.717) is 23.7 Å². The molecule has 19 heavy (non-hydrogen) atoms. The molecule has 0 aliphatic carbocycles. The van der Waals surface area contributed by atoms with Crippen molar-refractivity contribution in [2.45, 2.75) is 13.3 Å². The van der Waals surface area contributed by atoms with Gasteiger partial charge in [-0.1, -0.05) is 0 Å². The van der Waals surface area contributed by atoms with Crippen LogP contribution in [0.3, 0.4) is 0 Å². The maximum Gasteiger partial charge on any atom is 0.355 e. The van der Waals surface area contributed by atoms with Crippen molar-refractivity contribution in [3.8, 4) is 0 Å². The van der Waals surface area contributed by atoms with Crippen LogP contribution in [0, 0.1) is 6.92 Å². The number of carboxylic acid groups (broad SMARTS) is 1. The zero-order chi connectivity index (χ0) is 13.8. The molecule has 1 amide bonds. The summed E-state index contributed by atoms with van der Waals surface area (Å²) in [6.07, 6.45) is 1.95. The second-order valence-corrected chi connectivity index (χ2v) is 4.81. The van der Waals surface area contributed by atoms with Crippen LogP contribution < -0.4 is 5.32 Å². The monoisotopic (exact) mass is 280 g/mol. The van der Waals surface area contributed by atoms with Crippen molar-refractivity contribution in [3.63, 3.8) is 0 Å². The Morgan fingerprint density at radius 2 is 2.32 bits per heavy atom. The van der Waals surface area contributed by atoms with Crippen LogP contribution in [0.1, 0.15) is 31.6 Å². The molecule has 0 aliphatic rings. The van der Waals surface area contributed by atoms with Gasteiger partial charge in [-0.25, -0.2) is 9.78 Å². The third-order valence-electron chi connectivity index (χ3n) is 2.46. The third-order valence-corrected chi connectivity index (χ3v) is 3.37. The lowest BCUT2D eigenvalue weighted by molar-refractivity contribution is 0.0690. The molecule has 7 heteroatoms. The van der Waals surface area contributed by atoms with Gasteiger partial charge in [0, 0.05) is 23.9 Å². The number of aromatic nitrogens is 1. The van der Waals surface area contributed by atoms with Gasteiger partial charge < -0.3 is 14.8 Å². The molecule has 0 saturated carbocycles. The number of aryl methyl sites for hydroxylation is 1. The van der Waals surface area contributed by atoms with Crippen LogP contribution >= 0.6 is 11.3 Å². The maximum absolute atomic E-state index is 11.7. The highest BCUT2D eigenvalue weighted by molar-refractivity contribution is 7.09. The number of nitrogens with zero attached hydrogens (tertiary/aromatic N) is 1. The fourth-order valence-electron chi connectivity index (χ4n) is 1.49. The molecule has 0 bridgehead atoms. The first-order valence-electron chi connectivity index (χ1n) is 5.58.